The molecule has 0 unspecified atom stereocenters. The summed E-state index contributed by atoms with van der Waals surface area (Å²) in [5.74, 6) is -0.569. The Kier molecular flexibility index (Phi) is 9.44. The highest BCUT2D eigenvalue weighted by Gasteiger charge is 2.49. The van der Waals surface area contributed by atoms with Crippen LogP contribution in [-0.2, 0) is 17.6 Å². The number of carbonyl (C=O) groups is 1. The molecule has 0 aromatic heterocycles. The first-order valence-corrected chi connectivity index (χ1v) is 12.5. The predicted octanol–water partition coefficient (Wildman–Crippen LogP) is 8.20. The van der Waals surface area contributed by atoms with E-state index >= 15 is 0 Å². The van der Waals surface area contributed by atoms with Crippen LogP contribution in [0.25, 0.3) is 0 Å². The molecule has 2 nitrogen and oxygen atoms in total. The lowest BCUT2D eigenvalue weighted by atomic mass is 9.88. The van der Waals surface area contributed by atoms with Crippen molar-refractivity contribution in [1.82, 2.24) is 0 Å². The fourth-order valence-electron chi connectivity index (χ4n) is 4.83. The molecule has 0 amide bonds. The van der Waals surface area contributed by atoms with Crippen molar-refractivity contribution in [3.05, 3.63) is 34.4 Å². The van der Waals surface area contributed by atoms with Gasteiger partial charge in [-0.15, -0.1) is 0 Å². The molecule has 1 N–H and O–H groups in total. The minimum absolute atomic E-state index is 0.340. The van der Waals surface area contributed by atoms with E-state index in [9.17, 15) is 9.90 Å². The van der Waals surface area contributed by atoms with Crippen LogP contribution in [0.15, 0.2) is 12.1 Å². The maximum Gasteiger partial charge on any atom is 0.309 e. The van der Waals surface area contributed by atoms with E-state index in [1.54, 1.807) is 11.1 Å². The van der Waals surface area contributed by atoms with E-state index in [2.05, 4.69) is 46.8 Å². The Morgan fingerprint density at radius 2 is 1.50 bits per heavy atom. The lowest BCUT2D eigenvalue weighted by molar-refractivity contribution is -0.143. The Morgan fingerprint density at radius 1 is 0.900 bits per heavy atom. The lowest BCUT2D eigenvalue weighted by Gasteiger charge is -2.17. The minimum atomic E-state index is -0.569. The molecule has 0 saturated heterocycles. The third-order valence-corrected chi connectivity index (χ3v) is 6.97. The molecule has 1 aromatic carbocycles. The Hall–Kier alpha value is -1.31. The van der Waals surface area contributed by atoms with Gasteiger partial charge in [-0.25, -0.2) is 0 Å². The van der Waals surface area contributed by atoms with Crippen LogP contribution in [0.1, 0.15) is 120 Å². The van der Waals surface area contributed by atoms with Crippen LogP contribution in [0.4, 0.5) is 0 Å². The van der Waals surface area contributed by atoms with E-state index in [0.717, 1.165) is 25.7 Å². The highest BCUT2D eigenvalue weighted by molar-refractivity contribution is 5.77. The van der Waals surface area contributed by atoms with Gasteiger partial charge in [-0.3, -0.25) is 4.79 Å². The van der Waals surface area contributed by atoms with Crippen LogP contribution >= 0.6 is 0 Å². The van der Waals surface area contributed by atoms with Crippen LogP contribution < -0.4 is 0 Å². The molecule has 0 radical (unpaired) electrons. The second kappa shape index (κ2) is 11.3. The molecular weight excluding hydrogens is 368 g/mol. The van der Waals surface area contributed by atoms with Crippen molar-refractivity contribution < 1.29 is 9.90 Å². The summed E-state index contributed by atoms with van der Waals surface area (Å²) in [6, 6.07) is 4.76. The average molecular weight is 415 g/mol. The van der Waals surface area contributed by atoms with Crippen molar-refractivity contribution in [3.63, 3.8) is 0 Å². The van der Waals surface area contributed by atoms with Gasteiger partial charge in [0, 0.05) is 0 Å². The summed E-state index contributed by atoms with van der Waals surface area (Å²) in [7, 11) is 0. The number of benzene rings is 1. The number of hydrogen-bond donors (Lipinski definition) is 1. The maximum atomic E-state index is 11.3. The monoisotopic (exact) mass is 414 g/mol. The van der Waals surface area contributed by atoms with Crippen molar-refractivity contribution in [2.45, 2.75) is 125 Å². The highest BCUT2D eigenvalue weighted by Crippen LogP contribution is 2.50. The molecule has 1 aliphatic carbocycles. The second-order valence-electron chi connectivity index (χ2n) is 11.2. The number of unbranched alkanes of at least 4 members (excludes halogenated alkanes) is 6. The van der Waals surface area contributed by atoms with Gasteiger partial charge in [0.25, 0.3) is 0 Å². The molecule has 170 valence electrons. The fourth-order valence-corrected chi connectivity index (χ4v) is 4.83. The average Bonchev–Trinajstić information content (AvgIpc) is 3.42. The number of rotatable bonds is 14. The Morgan fingerprint density at radius 3 is 2.10 bits per heavy atom. The van der Waals surface area contributed by atoms with Crippen molar-refractivity contribution in [2.24, 2.45) is 10.8 Å². The van der Waals surface area contributed by atoms with Gasteiger partial charge in [-0.1, -0.05) is 77.0 Å². The summed E-state index contributed by atoms with van der Waals surface area (Å²) < 4.78 is 0. The largest absolute Gasteiger partial charge is 0.481 e. The first kappa shape index (κ1) is 25.0. The summed E-state index contributed by atoms with van der Waals surface area (Å²) in [5, 5.41) is 9.29. The molecule has 2 heteroatoms. The minimum Gasteiger partial charge on any atom is -0.481 e. The molecule has 0 spiro atoms. The van der Waals surface area contributed by atoms with Gasteiger partial charge in [0.05, 0.1) is 5.41 Å². The fraction of sp³-hybridized carbons (Fsp3) is 0.750. The smallest absolute Gasteiger partial charge is 0.309 e. The molecule has 1 fully saturated rings. The van der Waals surface area contributed by atoms with E-state index in [1.165, 1.54) is 75.3 Å². The molecule has 0 atom stereocenters. The molecule has 30 heavy (non-hydrogen) atoms. The number of hydrogen-bond acceptors (Lipinski definition) is 1. The first-order valence-electron chi connectivity index (χ1n) is 12.5. The van der Waals surface area contributed by atoms with Crippen LogP contribution in [0.3, 0.4) is 0 Å². The summed E-state index contributed by atoms with van der Waals surface area (Å²) in [4.78, 5) is 11.3. The summed E-state index contributed by atoms with van der Waals surface area (Å²) in [6.07, 6.45) is 16.4. The zero-order valence-corrected chi connectivity index (χ0v) is 20.4. The summed E-state index contributed by atoms with van der Waals surface area (Å²) in [5.41, 5.74) is 6.13. The Balaban J connectivity index is 1.72. The van der Waals surface area contributed by atoms with Crippen LogP contribution in [0.2, 0.25) is 0 Å². The number of aryl methyl sites for hydroxylation is 3. The zero-order chi connectivity index (χ0) is 22.2. The number of aliphatic carboxylic acids is 1. The van der Waals surface area contributed by atoms with Gasteiger partial charge in [0.2, 0.25) is 0 Å². The van der Waals surface area contributed by atoms with Crippen molar-refractivity contribution in [3.8, 4) is 0 Å². The SMILES string of the molecule is Cc1cc(C)c(CCCCCCC2(C(=O)O)CC2)c(CCCCCCC(C)(C)C)c1. The van der Waals surface area contributed by atoms with Gasteiger partial charge >= 0.3 is 5.97 Å². The summed E-state index contributed by atoms with van der Waals surface area (Å²) in [6.45, 7) is 11.5. The van der Waals surface area contributed by atoms with Crippen LogP contribution in [-0.4, -0.2) is 11.1 Å². The summed E-state index contributed by atoms with van der Waals surface area (Å²) >= 11 is 0. The van der Waals surface area contributed by atoms with E-state index in [0.29, 0.717) is 5.41 Å². The molecule has 1 aliphatic rings. The third-order valence-electron chi connectivity index (χ3n) is 6.97. The van der Waals surface area contributed by atoms with Gasteiger partial charge in [-0.2, -0.15) is 0 Å². The predicted molar refractivity (Wildman–Crippen MR) is 128 cm³/mol. The number of carboxylic acid groups (broad SMARTS) is 1. The lowest BCUT2D eigenvalue weighted by Crippen LogP contribution is -2.14. The Bertz CT molecular complexity index is 677. The maximum absolute atomic E-state index is 11.3. The topological polar surface area (TPSA) is 37.3 Å². The quantitative estimate of drug-likeness (QED) is 0.311. The van der Waals surface area contributed by atoms with Crippen LogP contribution in [0.5, 0.6) is 0 Å². The first-order chi connectivity index (χ1) is 14.1. The molecule has 2 rings (SSSR count). The highest BCUT2D eigenvalue weighted by atomic mass is 16.4. The van der Waals surface area contributed by atoms with E-state index in [4.69, 9.17) is 0 Å². The molecular formula is C28H46O2. The van der Waals surface area contributed by atoms with E-state index in [1.807, 2.05) is 0 Å². The van der Waals surface area contributed by atoms with Crippen molar-refractivity contribution in [1.29, 1.82) is 0 Å². The third kappa shape index (κ3) is 8.44. The number of carboxylic acids is 1. The molecule has 0 aliphatic heterocycles. The standard InChI is InChI=1S/C28H46O2/c1-22-20-23(2)25(15-11-7-9-13-17-28(18-19-28)26(29)30)24(21-22)14-10-6-8-12-16-27(3,4)5/h20-21H,6-19H2,1-5H3,(H,29,30). The molecule has 1 saturated carbocycles. The molecule has 0 heterocycles. The van der Waals surface area contributed by atoms with Crippen molar-refractivity contribution in [2.75, 3.05) is 0 Å². The molecule has 0 bridgehead atoms. The van der Waals surface area contributed by atoms with E-state index in [-0.39, 0.29) is 5.41 Å². The van der Waals surface area contributed by atoms with Crippen LogP contribution in [0, 0.1) is 24.7 Å². The van der Waals surface area contributed by atoms with E-state index < -0.39 is 5.97 Å². The van der Waals surface area contributed by atoms with Gasteiger partial charge in [-0.05, 0) is 87.3 Å². The Labute approximate surface area is 185 Å². The molecule has 1 aromatic rings. The van der Waals surface area contributed by atoms with Crippen molar-refractivity contribution >= 4 is 5.97 Å². The van der Waals surface area contributed by atoms with Gasteiger partial charge in [0.1, 0.15) is 0 Å². The zero-order valence-electron chi connectivity index (χ0n) is 20.4. The normalized spacial score (nSPS) is 15.4. The second-order valence-corrected chi connectivity index (χ2v) is 11.2. The van der Waals surface area contributed by atoms with Gasteiger partial charge in [0.15, 0.2) is 0 Å². The van der Waals surface area contributed by atoms with Gasteiger partial charge < -0.3 is 5.11 Å².